The molecule has 636 valence electrons. The Bertz CT molecular complexity index is 3690. The van der Waals surface area contributed by atoms with Crippen molar-refractivity contribution >= 4 is 70.8 Å². The second kappa shape index (κ2) is 67.6. The molecule has 32 heteroatoms. The number of hydrogen-bond donors (Lipinski definition) is 14. The lowest BCUT2D eigenvalue weighted by Gasteiger charge is -2.01. The molecular formula is C82H119N3O29. The van der Waals surface area contributed by atoms with Gasteiger partial charge in [0.25, 0.3) is 0 Å². The van der Waals surface area contributed by atoms with Crippen LogP contribution in [0, 0.1) is 51.1 Å². The molecule has 0 atom stereocenters. The van der Waals surface area contributed by atoms with Crippen molar-refractivity contribution in [3.05, 3.63) is 196 Å². The van der Waals surface area contributed by atoms with Crippen molar-refractivity contribution in [1.82, 2.24) is 0 Å². The van der Waals surface area contributed by atoms with Crippen molar-refractivity contribution in [1.29, 1.82) is 0 Å². The van der Waals surface area contributed by atoms with Gasteiger partial charge in [-0.25, -0.2) is 28.8 Å². The van der Waals surface area contributed by atoms with Crippen LogP contribution in [-0.4, -0.2) is 140 Å². The summed E-state index contributed by atoms with van der Waals surface area (Å²) >= 11 is 0. The smallest absolute Gasteiger partial charge is 0.339 e. The van der Waals surface area contributed by atoms with Crippen molar-refractivity contribution in [3.63, 3.8) is 0 Å². The Balaban J connectivity index is -0.000000288. The van der Waals surface area contributed by atoms with Gasteiger partial charge in [-0.15, -0.1) is 0 Å². The number of carbonyl (C=O) groups is 9. The number of nitrogens with zero attached hydrogens (tertiary/aromatic N) is 3. The standard InChI is InChI=1S/C13H26O2.C11H22O2.C10H20O2.2C8H7NO5.C8H8O2.C7H5NO5.2C7H6O3.3CH4/c1-2-3-4-5-6-7-8-9-10-11-12-13(14)15;1-2-3-4-5-6-7-8-9-10-11(12)13;1-2-3-4-5-6-7-8-9-10(11)12;2*1-4-2-5(8(11)12)7(10)6(3-4)9(13)14;1-6-2-4-7(5-3-6)8(9)10;9-6-2-1-4(7(10)11)3-5(6)8(12)13;8-6-3-1-2-5(4-6)7(9)10;8-6-4-2-1-3-5(6)7(9)10;;;/h2-12H2,1H3,(H,14,15);2-10H2,1H3,(H,12,13);2-9H2,1H3,(H,11,12);2*2-3,10H,1H3,(H,11,12);2-5H,1H3,(H,9,10);1-3,9H,(H,10,11);2*1-4,8H,(H,9,10);3*1H4. The fourth-order valence-corrected chi connectivity index (χ4v) is 9.32. The van der Waals surface area contributed by atoms with E-state index in [2.05, 4.69) is 20.8 Å². The minimum Gasteiger partial charge on any atom is -0.508 e. The van der Waals surface area contributed by atoms with E-state index in [0.717, 1.165) is 74.4 Å². The van der Waals surface area contributed by atoms with Gasteiger partial charge in [0, 0.05) is 37.5 Å². The van der Waals surface area contributed by atoms with Crippen LogP contribution in [-0.2, 0) is 14.4 Å². The van der Waals surface area contributed by atoms with Gasteiger partial charge in [-0.05, 0) is 118 Å². The summed E-state index contributed by atoms with van der Waals surface area (Å²) in [7, 11) is 0. The number of para-hydroxylation sites is 1. The Labute approximate surface area is 665 Å². The Hall–Kier alpha value is -12.3. The van der Waals surface area contributed by atoms with Crippen LogP contribution in [0.3, 0.4) is 0 Å². The number of aliphatic carboxylic acids is 3. The Morgan fingerprint density at radius 1 is 0.289 bits per heavy atom. The molecular weight excluding hydrogens is 1490 g/mol. The summed E-state index contributed by atoms with van der Waals surface area (Å²) in [5.74, 6) is -11.5. The zero-order valence-corrected chi connectivity index (χ0v) is 63.5. The number of aromatic carboxylic acids is 6. The molecule has 6 aromatic rings. The van der Waals surface area contributed by atoms with Gasteiger partial charge in [-0.1, -0.05) is 220 Å². The molecule has 0 unspecified atom stereocenters. The lowest BCUT2D eigenvalue weighted by Crippen LogP contribution is -2.00. The summed E-state index contributed by atoms with van der Waals surface area (Å²) in [5.41, 5.74) is -0.695. The first-order valence-corrected chi connectivity index (χ1v) is 35.9. The molecule has 0 fully saturated rings. The van der Waals surface area contributed by atoms with E-state index in [1.165, 1.54) is 184 Å². The summed E-state index contributed by atoms with van der Waals surface area (Å²) in [6.45, 7) is 11.6. The second-order valence-electron chi connectivity index (χ2n) is 24.8. The first kappa shape index (κ1) is 113. The fourth-order valence-electron chi connectivity index (χ4n) is 9.32. The van der Waals surface area contributed by atoms with E-state index in [1.807, 2.05) is 6.92 Å². The van der Waals surface area contributed by atoms with Crippen LogP contribution in [0.4, 0.5) is 17.1 Å². The lowest BCUT2D eigenvalue weighted by molar-refractivity contribution is -0.386. The maximum Gasteiger partial charge on any atom is 0.339 e. The zero-order valence-electron chi connectivity index (χ0n) is 63.5. The number of unbranched alkanes of at least 4 members (excludes halogenated alkanes) is 22. The highest BCUT2D eigenvalue weighted by Gasteiger charge is 2.23. The van der Waals surface area contributed by atoms with Crippen molar-refractivity contribution in [2.24, 2.45) is 0 Å². The Morgan fingerprint density at radius 3 is 0.851 bits per heavy atom. The molecule has 0 aliphatic heterocycles. The number of carboxylic acids is 9. The normalized spacial score (nSPS) is 9.53. The number of carboxylic acid groups (broad SMARTS) is 9. The van der Waals surface area contributed by atoms with Gasteiger partial charge in [0.15, 0.2) is 5.75 Å². The number of benzene rings is 6. The number of aromatic hydroxyl groups is 5. The summed E-state index contributed by atoms with van der Waals surface area (Å²) in [4.78, 5) is 121. The third-order valence-corrected chi connectivity index (χ3v) is 15.3. The summed E-state index contributed by atoms with van der Waals surface area (Å²) < 4.78 is 0. The van der Waals surface area contributed by atoms with E-state index >= 15 is 0 Å². The number of aryl methyl sites for hydroxylation is 3. The van der Waals surface area contributed by atoms with Crippen LogP contribution in [0.25, 0.3) is 0 Å². The van der Waals surface area contributed by atoms with Gasteiger partial charge in [0.1, 0.15) is 28.2 Å². The average molecular weight is 1610 g/mol. The van der Waals surface area contributed by atoms with E-state index in [4.69, 9.17) is 61.3 Å². The third-order valence-electron chi connectivity index (χ3n) is 15.3. The molecule has 0 bridgehead atoms. The molecule has 6 rings (SSSR count). The van der Waals surface area contributed by atoms with Gasteiger partial charge in [0.05, 0.1) is 31.5 Å². The van der Waals surface area contributed by atoms with E-state index < -0.39 is 114 Å². The first-order chi connectivity index (χ1) is 52.3. The summed E-state index contributed by atoms with van der Waals surface area (Å²) in [6.07, 6.45) is 31.6. The lowest BCUT2D eigenvalue weighted by atomic mass is 10.1. The second-order valence-corrected chi connectivity index (χ2v) is 24.8. The molecule has 0 saturated heterocycles. The molecule has 0 amide bonds. The predicted octanol–water partition coefficient (Wildman–Crippen LogP) is 20.6. The molecule has 14 N–H and O–H groups in total. The molecule has 0 aromatic heterocycles. The molecule has 0 saturated carbocycles. The number of nitro groups is 3. The molecule has 0 heterocycles. The largest absolute Gasteiger partial charge is 0.508 e. The van der Waals surface area contributed by atoms with Crippen molar-refractivity contribution in [2.75, 3.05) is 0 Å². The number of phenols is 5. The SMILES string of the molecule is C.C.C.CCCCCCCCCC(=O)O.CCCCCCCCCCC(=O)O.CCCCCCCCCCCCC(=O)O.Cc1cc(C(=O)O)c(O)c([N+](=O)[O-])c1.Cc1cc(C(=O)O)c(O)c([N+](=O)[O-])c1.Cc1ccc(C(=O)O)cc1.O=C(O)c1ccc(O)c([N+](=O)[O-])c1.O=C(O)c1cccc(O)c1.O=C(O)c1ccccc1O. The van der Waals surface area contributed by atoms with Crippen LogP contribution in [0.2, 0.25) is 0 Å². The maximum absolute atomic E-state index is 10.6. The molecule has 0 radical (unpaired) electrons. The van der Waals surface area contributed by atoms with Crippen LogP contribution in [0.5, 0.6) is 28.7 Å². The van der Waals surface area contributed by atoms with Gasteiger partial charge in [0.2, 0.25) is 11.5 Å². The third kappa shape index (κ3) is 56.9. The summed E-state index contributed by atoms with van der Waals surface area (Å²) in [5, 5.41) is 152. The van der Waals surface area contributed by atoms with Crippen molar-refractivity contribution < 1.29 is 129 Å². The minimum atomic E-state index is -1.39. The van der Waals surface area contributed by atoms with Crippen molar-refractivity contribution in [2.45, 2.75) is 244 Å². The minimum absolute atomic E-state index is 0. The Kier molecular flexibility index (Phi) is 66.8. The zero-order chi connectivity index (χ0) is 85.0. The molecule has 0 aliphatic rings. The maximum atomic E-state index is 10.6. The van der Waals surface area contributed by atoms with Crippen LogP contribution < -0.4 is 0 Å². The Morgan fingerprint density at radius 2 is 0.588 bits per heavy atom. The van der Waals surface area contributed by atoms with E-state index in [9.17, 15) is 83.7 Å². The van der Waals surface area contributed by atoms with Crippen LogP contribution >= 0.6 is 0 Å². The van der Waals surface area contributed by atoms with E-state index in [-0.39, 0.29) is 50.5 Å². The number of nitro benzene ring substituents is 3. The number of rotatable bonds is 37. The monoisotopic (exact) mass is 1610 g/mol. The summed E-state index contributed by atoms with van der Waals surface area (Å²) in [6, 6.07) is 25.5. The van der Waals surface area contributed by atoms with Crippen LogP contribution in [0.1, 0.15) is 302 Å². The highest BCUT2D eigenvalue weighted by atomic mass is 16.6. The quantitative estimate of drug-likeness (QED) is 0.00978. The van der Waals surface area contributed by atoms with Crippen LogP contribution in [0.15, 0.2) is 115 Å². The topological polar surface area (TPSA) is 566 Å². The molecule has 0 aliphatic carbocycles. The highest BCUT2D eigenvalue weighted by Crippen LogP contribution is 2.33. The molecule has 6 aromatic carbocycles. The first-order valence-electron chi connectivity index (χ1n) is 35.9. The molecule has 32 nitrogen and oxygen atoms in total. The number of phenolic OH excluding ortho intramolecular Hbond substituents is 2. The highest BCUT2D eigenvalue weighted by molar-refractivity contribution is 5.94. The van der Waals surface area contributed by atoms with Crippen molar-refractivity contribution in [3.8, 4) is 28.7 Å². The number of hydrogen-bond acceptors (Lipinski definition) is 20. The van der Waals surface area contributed by atoms with Gasteiger partial charge < -0.3 is 71.5 Å². The predicted molar refractivity (Wildman–Crippen MR) is 432 cm³/mol. The van der Waals surface area contributed by atoms with Gasteiger partial charge in [-0.2, -0.15) is 0 Å². The van der Waals surface area contributed by atoms with Gasteiger partial charge in [-0.3, -0.25) is 44.7 Å². The average Bonchev–Trinajstić information content (AvgIpc) is 0.838. The van der Waals surface area contributed by atoms with E-state index in [0.29, 0.717) is 36.0 Å². The molecule has 114 heavy (non-hydrogen) atoms. The fraction of sp³-hybridized carbons (Fsp3) is 0.451. The van der Waals surface area contributed by atoms with E-state index in [1.54, 1.807) is 36.4 Å². The molecule has 0 spiro atoms. The van der Waals surface area contributed by atoms with Gasteiger partial charge >= 0.3 is 70.8 Å².